The molecule has 2 heterocycles. The van der Waals surface area contributed by atoms with Gasteiger partial charge in [0.15, 0.2) is 11.5 Å². The van der Waals surface area contributed by atoms with Crippen LogP contribution in [0.15, 0.2) is 24.7 Å². The van der Waals surface area contributed by atoms with Crippen LogP contribution in [-0.2, 0) is 6.18 Å². The topological polar surface area (TPSA) is 43.6 Å². The van der Waals surface area contributed by atoms with E-state index in [-0.39, 0.29) is 17.4 Å². The second-order valence-electron chi connectivity index (χ2n) is 4.86. The molecule has 2 aromatic rings. The Hall–Kier alpha value is -1.92. The fourth-order valence-corrected chi connectivity index (χ4v) is 2.67. The van der Waals surface area contributed by atoms with Gasteiger partial charge < -0.3 is 0 Å². The molecule has 0 N–H and O–H groups in total. The SMILES string of the molecule is FC(F)(F)c1ncccc1-c1ncnn1C1CCCC1. The van der Waals surface area contributed by atoms with E-state index < -0.39 is 11.9 Å². The highest BCUT2D eigenvalue weighted by Crippen LogP contribution is 2.37. The molecule has 0 aliphatic heterocycles. The molecule has 0 radical (unpaired) electrons. The van der Waals surface area contributed by atoms with E-state index in [1.54, 1.807) is 4.68 Å². The van der Waals surface area contributed by atoms with Gasteiger partial charge >= 0.3 is 6.18 Å². The number of aromatic nitrogens is 4. The number of rotatable bonds is 2. The first-order chi connectivity index (χ1) is 9.57. The Morgan fingerprint density at radius 3 is 2.60 bits per heavy atom. The standard InChI is InChI=1S/C13H13F3N4/c14-13(15,16)11-10(6-3-7-17-11)12-18-8-19-20(12)9-4-1-2-5-9/h3,6-9H,1-2,4-5H2. The third kappa shape index (κ3) is 2.28. The summed E-state index contributed by atoms with van der Waals surface area (Å²) < 4.78 is 40.7. The average Bonchev–Trinajstić information content (AvgIpc) is 3.08. The van der Waals surface area contributed by atoms with Crippen LogP contribution in [0.5, 0.6) is 0 Å². The van der Waals surface area contributed by atoms with Crippen LogP contribution in [0.3, 0.4) is 0 Å². The molecule has 2 aromatic heterocycles. The Balaban J connectivity index is 2.08. The zero-order chi connectivity index (χ0) is 14.2. The van der Waals surface area contributed by atoms with Gasteiger partial charge in [0.05, 0.1) is 6.04 Å². The summed E-state index contributed by atoms with van der Waals surface area (Å²) in [7, 11) is 0. The quantitative estimate of drug-likeness (QED) is 0.847. The lowest BCUT2D eigenvalue weighted by Gasteiger charge is -2.15. The Bertz CT molecular complexity index is 600. The van der Waals surface area contributed by atoms with E-state index in [4.69, 9.17) is 0 Å². The molecular formula is C13H13F3N4. The van der Waals surface area contributed by atoms with E-state index in [2.05, 4.69) is 15.1 Å². The first kappa shape index (κ1) is 13.1. The summed E-state index contributed by atoms with van der Waals surface area (Å²) >= 11 is 0. The summed E-state index contributed by atoms with van der Waals surface area (Å²) in [4.78, 5) is 7.48. The Kier molecular flexibility index (Phi) is 3.19. The summed E-state index contributed by atoms with van der Waals surface area (Å²) in [6.07, 6.45) is 1.95. The van der Waals surface area contributed by atoms with Crippen LogP contribution in [0.4, 0.5) is 13.2 Å². The molecule has 0 amide bonds. The predicted octanol–water partition coefficient (Wildman–Crippen LogP) is 3.47. The van der Waals surface area contributed by atoms with Gasteiger partial charge in [0.25, 0.3) is 0 Å². The highest BCUT2D eigenvalue weighted by molar-refractivity contribution is 5.59. The third-order valence-electron chi connectivity index (χ3n) is 3.56. The van der Waals surface area contributed by atoms with E-state index >= 15 is 0 Å². The van der Waals surface area contributed by atoms with E-state index in [0.29, 0.717) is 0 Å². The molecule has 1 aliphatic rings. The summed E-state index contributed by atoms with van der Waals surface area (Å²) in [5.74, 6) is 0.248. The van der Waals surface area contributed by atoms with Crippen molar-refractivity contribution in [2.24, 2.45) is 0 Å². The van der Waals surface area contributed by atoms with Crippen molar-refractivity contribution >= 4 is 0 Å². The Morgan fingerprint density at radius 2 is 1.90 bits per heavy atom. The smallest absolute Gasteiger partial charge is 0.251 e. The van der Waals surface area contributed by atoms with E-state index in [1.165, 1.54) is 18.5 Å². The summed E-state index contributed by atoms with van der Waals surface area (Å²) in [6.45, 7) is 0. The van der Waals surface area contributed by atoms with Crippen molar-refractivity contribution in [2.45, 2.75) is 37.9 Å². The van der Waals surface area contributed by atoms with Crippen molar-refractivity contribution in [2.75, 3.05) is 0 Å². The van der Waals surface area contributed by atoms with Crippen LogP contribution in [0, 0.1) is 0 Å². The minimum atomic E-state index is -4.50. The van der Waals surface area contributed by atoms with Crippen LogP contribution < -0.4 is 0 Å². The fraction of sp³-hybridized carbons (Fsp3) is 0.462. The van der Waals surface area contributed by atoms with Crippen LogP contribution in [0.25, 0.3) is 11.4 Å². The largest absolute Gasteiger partial charge is 0.434 e. The van der Waals surface area contributed by atoms with Gasteiger partial charge in [0, 0.05) is 11.8 Å². The van der Waals surface area contributed by atoms with Crippen LogP contribution >= 0.6 is 0 Å². The summed E-state index contributed by atoms with van der Waals surface area (Å²) in [5, 5.41) is 4.11. The number of hydrogen-bond donors (Lipinski definition) is 0. The van der Waals surface area contributed by atoms with Gasteiger partial charge in [-0.15, -0.1) is 0 Å². The molecule has 4 nitrogen and oxygen atoms in total. The molecule has 0 bridgehead atoms. The fourth-order valence-electron chi connectivity index (χ4n) is 2.67. The number of alkyl halides is 3. The van der Waals surface area contributed by atoms with E-state index in [0.717, 1.165) is 31.9 Å². The molecule has 106 valence electrons. The lowest BCUT2D eigenvalue weighted by molar-refractivity contribution is -0.140. The molecular weight excluding hydrogens is 269 g/mol. The van der Waals surface area contributed by atoms with Crippen molar-refractivity contribution in [3.63, 3.8) is 0 Å². The molecule has 1 fully saturated rings. The molecule has 1 aliphatic carbocycles. The third-order valence-corrected chi connectivity index (χ3v) is 3.56. The highest BCUT2D eigenvalue weighted by atomic mass is 19.4. The number of halogens is 3. The molecule has 0 atom stereocenters. The Labute approximate surface area is 113 Å². The lowest BCUT2D eigenvalue weighted by atomic mass is 10.1. The highest BCUT2D eigenvalue weighted by Gasteiger charge is 2.37. The second kappa shape index (κ2) is 4.88. The zero-order valence-corrected chi connectivity index (χ0v) is 10.6. The monoisotopic (exact) mass is 282 g/mol. The molecule has 7 heteroatoms. The molecule has 3 rings (SSSR count). The second-order valence-corrected chi connectivity index (χ2v) is 4.86. The lowest BCUT2D eigenvalue weighted by Crippen LogP contribution is -2.14. The van der Waals surface area contributed by atoms with Gasteiger partial charge in [0.2, 0.25) is 0 Å². The summed E-state index contributed by atoms with van der Waals surface area (Å²) in [5.41, 5.74) is -0.920. The maximum Gasteiger partial charge on any atom is 0.434 e. The molecule has 0 saturated heterocycles. The van der Waals surface area contributed by atoms with Crippen molar-refractivity contribution in [1.82, 2.24) is 19.7 Å². The van der Waals surface area contributed by atoms with Gasteiger partial charge in [-0.05, 0) is 25.0 Å². The minimum Gasteiger partial charge on any atom is -0.251 e. The van der Waals surface area contributed by atoms with E-state index in [1.807, 2.05) is 0 Å². The van der Waals surface area contributed by atoms with Gasteiger partial charge in [-0.1, -0.05) is 12.8 Å². The number of pyridine rings is 1. The normalized spacial score (nSPS) is 16.8. The Morgan fingerprint density at radius 1 is 1.15 bits per heavy atom. The van der Waals surface area contributed by atoms with Gasteiger partial charge in [-0.25, -0.2) is 9.67 Å². The van der Waals surface area contributed by atoms with Crippen LogP contribution in [0.1, 0.15) is 37.4 Å². The predicted molar refractivity (Wildman–Crippen MR) is 65.8 cm³/mol. The molecule has 0 unspecified atom stereocenters. The van der Waals surface area contributed by atoms with Crippen molar-refractivity contribution < 1.29 is 13.2 Å². The maximum absolute atomic E-state index is 13.0. The molecule has 20 heavy (non-hydrogen) atoms. The number of hydrogen-bond acceptors (Lipinski definition) is 3. The summed E-state index contributed by atoms with van der Waals surface area (Å²) in [6, 6.07) is 3.01. The molecule has 1 saturated carbocycles. The van der Waals surface area contributed by atoms with Crippen molar-refractivity contribution in [3.8, 4) is 11.4 Å². The van der Waals surface area contributed by atoms with Gasteiger partial charge in [0.1, 0.15) is 6.33 Å². The average molecular weight is 282 g/mol. The minimum absolute atomic E-state index is 0.00981. The van der Waals surface area contributed by atoms with Gasteiger partial charge in [-0.2, -0.15) is 18.3 Å². The molecule has 0 aromatic carbocycles. The van der Waals surface area contributed by atoms with Crippen molar-refractivity contribution in [3.05, 3.63) is 30.4 Å². The first-order valence-corrected chi connectivity index (χ1v) is 6.49. The maximum atomic E-state index is 13.0. The zero-order valence-electron chi connectivity index (χ0n) is 10.6. The van der Waals surface area contributed by atoms with Crippen LogP contribution in [0.2, 0.25) is 0 Å². The van der Waals surface area contributed by atoms with Gasteiger partial charge in [-0.3, -0.25) is 4.98 Å². The molecule has 0 spiro atoms. The van der Waals surface area contributed by atoms with Crippen molar-refractivity contribution in [1.29, 1.82) is 0 Å². The van der Waals surface area contributed by atoms with Crippen LogP contribution in [-0.4, -0.2) is 19.7 Å². The first-order valence-electron chi connectivity index (χ1n) is 6.49. The van der Waals surface area contributed by atoms with E-state index in [9.17, 15) is 13.2 Å². The number of nitrogens with zero attached hydrogens (tertiary/aromatic N) is 4.